The van der Waals surface area contributed by atoms with Gasteiger partial charge >= 0.3 is 0 Å². The fourth-order valence-corrected chi connectivity index (χ4v) is 4.10. The predicted molar refractivity (Wildman–Crippen MR) is 126 cm³/mol. The van der Waals surface area contributed by atoms with Crippen LogP contribution in [0.1, 0.15) is 27.6 Å². The number of aromatic nitrogens is 2. The van der Waals surface area contributed by atoms with E-state index in [-0.39, 0.29) is 11.8 Å². The average molecular weight is 471 g/mol. The number of nitrogens with zero attached hydrogens (tertiary/aromatic N) is 3. The van der Waals surface area contributed by atoms with Crippen LogP contribution in [0.2, 0.25) is 5.02 Å². The number of fused-ring (bicyclic) bond motifs is 1. The molecule has 9 heteroatoms. The second-order valence-corrected chi connectivity index (χ2v) is 8.40. The normalized spacial score (nSPS) is 13.7. The van der Waals surface area contributed by atoms with Gasteiger partial charge in [-0.2, -0.15) is 5.10 Å². The van der Waals surface area contributed by atoms with Gasteiger partial charge in [-0.15, -0.1) is 0 Å². The van der Waals surface area contributed by atoms with Crippen molar-refractivity contribution in [3.8, 4) is 5.75 Å². The number of carbonyl (C=O) groups excluding carboxylic acids is 2. The fraction of sp³-hybridized carbons (Fsp3) is 0.375. The second-order valence-electron chi connectivity index (χ2n) is 7.97. The van der Waals surface area contributed by atoms with E-state index in [9.17, 15) is 9.59 Å². The second kappa shape index (κ2) is 10.2. The average Bonchev–Trinajstić information content (AvgIpc) is 3.21. The van der Waals surface area contributed by atoms with Gasteiger partial charge in [-0.3, -0.25) is 14.3 Å². The van der Waals surface area contributed by atoms with E-state index in [0.29, 0.717) is 67.2 Å². The fourth-order valence-electron chi connectivity index (χ4n) is 3.98. The van der Waals surface area contributed by atoms with Gasteiger partial charge in [0.1, 0.15) is 5.75 Å². The Morgan fingerprint density at radius 1 is 1.18 bits per heavy atom. The number of benzene rings is 2. The first-order chi connectivity index (χ1) is 16.0. The number of ether oxygens (including phenoxy) is 2. The molecule has 1 aliphatic rings. The Morgan fingerprint density at radius 3 is 2.64 bits per heavy atom. The molecule has 1 N–H and O–H groups in total. The Kier molecular flexibility index (Phi) is 7.15. The van der Waals surface area contributed by atoms with Crippen LogP contribution >= 0.6 is 11.6 Å². The Balaban J connectivity index is 1.40. The lowest BCUT2D eigenvalue weighted by molar-refractivity contribution is 0.0462. The molecule has 2 amide bonds. The van der Waals surface area contributed by atoms with Crippen molar-refractivity contribution in [2.24, 2.45) is 5.92 Å². The molecule has 1 saturated heterocycles. The Hall–Kier alpha value is -3.10. The monoisotopic (exact) mass is 470 g/mol. The summed E-state index contributed by atoms with van der Waals surface area (Å²) < 4.78 is 12.7. The molecule has 0 spiro atoms. The molecule has 0 bridgehead atoms. The zero-order valence-electron chi connectivity index (χ0n) is 18.7. The SMILES string of the molecule is CCOCCNC(=O)c1ccc2nn(CC3CN(C(=O)c4ccc(Cl)cc4)C3)cc2c1OC. The number of hydrogen-bond donors (Lipinski definition) is 1. The lowest BCUT2D eigenvalue weighted by atomic mass is 9.99. The minimum absolute atomic E-state index is 0.00945. The summed E-state index contributed by atoms with van der Waals surface area (Å²) in [5.74, 6) is 0.607. The quantitative estimate of drug-likeness (QED) is 0.485. The lowest BCUT2D eigenvalue weighted by Crippen LogP contribution is -2.51. The standard InChI is InChI=1S/C24H27ClN4O4/c1-3-33-11-10-26-23(30)19-8-9-21-20(22(19)32-2)15-29(27-21)14-16-12-28(13-16)24(31)17-4-6-18(25)7-5-17/h4-9,15-16H,3,10-14H2,1-2H3,(H,26,30). The molecule has 1 fully saturated rings. The summed E-state index contributed by atoms with van der Waals surface area (Å²) in [4.78, 5) is 27.0. The zero-order valence-corrected chi connectivity index (χ0v) is 19.5. The van der Waals surface area contributed by atoms with E-state index in [1.165, 1.54) is 0 Å². The van der Waals surface area contributed by atoms with E-state index >= 15 is 0 Å². The molecule has 4 rings (SSSR count). The number of halogens is 1. The third-order valence-corrected chi connectivity index (χ3v) is 5.90. The first-order valence-corrected chi connectivity index (χ1v) is 11.3. The summed E-state index contributed by atoms with van der Waals surface area (Å²) in [6.07, 6.45) is 1.90. The largest absolute Gasteiger partial charge is 0.495 e. The summed E-state index contributed by atoms with van der Waals surface area (Å²) >= 11 is 5.90. The van der Waals surface area contributed by atoms with Crippen LogP contribution in [-0.4, -0.2) is 66.5 Å². The molecule has 3 aromatic rings. The molecule has 2 aromatic carbocycles. The van der Waals surface area contributed by atoms with Crippen molar-refractivity contribution in [3.05, 3.63) is 58.7 Å². The number of hydrogen-bond acceptors (Lipinski definition) is 5. The Morgan fingerprint density at radius 2 is 1.94 bits per heavy atom. The van der Waals surface area contributed by atoms with E-state index in [1.807, 2.05) is 28.8 Å². The van der Waals surface area contributed by atoms with Gasteiger partial charge in [0.25, 0.3) is 11.8 Å². The third kappa shape index (κ3) is 5.12. The van der Waals surface area contributed by atoms with E-state index in [1.54, 1.807) is 37.4 Å². The lowest BCUT2D eigenvalue weighted by Gasteiger charge is -2.39. The summed E-state index contributed by atoms with van der Waals surface area (Å²) in [5, 5.41) is 8.87. The molecule has 0 radical (unpaired) electrons. The summed E-state index contributed by atoms with van der Waals surface area (Å²) in [5.41, 5.74) is 1.86. The van der Waals surface area contributed by atoms with Crippen LogP contribution in [0, 0.1) is 5.92 Å². The maximum atomic E-state index is 12.6. The number of methoxy groups -OCH3 is 1. The predicted octanol–water partition coefficient (Wildman–Crippen LogP) is 3.24. The van der Waals surface area contributed by atoms with Crippen molar-refractivity contribution in [3.63, 3.8) is 0 Å². The van der Waals surface area contributed by atoms with Gasteiger partial charge in [0.05, 0.1) is 30.2 Å². The molecular formula is C24H27ClN4O4. The van der Waals surface area contributed by atoms with Crippen LogP contribution in [0.3, 0.4) is 0 Å². The minimum Gasteiger partial charge on any atom is -0.495 e. The summed E-state index contributed by atoms with van der Waals surface area (Å²) in [7, 11) is 1.55. The Labute approximate surface area is 197 Å². The van der Waals surface area contributed by atoms with Crippen LogP contribution < -0.4 is 10.1 Å². The van der Waals surface area contributed by atoms with Crippen molar-refractivity contribution in [2.75, 3.05) is 40.0 Å². The molecule has 0 atom stereocenters. The highest BCUT2D eigenvalue weighted by atomic mass is 35.5. The van der Waals surface area contributed by atoms with Crippen LogP contribution in [0.15, 0.2) is 42.6 Å². The molecular weight excluding hydrogens is 444 g/mol. The van der Waals surface area contributed by atoms with Gasteiger partial charge < -0.3 is 19.7 Å². The van der Waals surface area contributed by atoms with Gasteiger partial charge in [-0.1, -0.05) is 11.6 Å². The highest BCUT2D eigenvalue weighted by molar-refractivity contribution is 6.30. The third-order valence-electron chi connectivity index (χ3n) is 5.65. The van der Waals surface area contributed by atoms with Crippen LogP contribution in [0.4, 0.5) is 0 Å². The van der Waals surface area contributed by atoms with E-state index in [2.05, 4.69) is 10.4 Å². The van der Waals surface area contributed by atoms with Crippen LogP contribution in [0.25, 0.3) is 10.9 Å². The van der Waals surface area contributed by atoms with Crippen molar-refractivity contribution < 1.29 is 19.1 Å². The van der Waals surface area contributed by atoms with Gasteiger partial charge in [-0.25, -0.2) is 0 Å². The topological polar surface area (TPSA) is 85.7 Å². The molecule has 33 heavy (non-hydrogen) atoms. The highest BCUT2D eigenvalue weighted by Gasteiger charge is 2.31. The van der Waals surface area contributed by atoms with Crippen molar-refractivity contribution in [1.82, 2.24) is 20.0 Å². The number of nitrogens with one attached hydrogen (secondary N) is 1. The molecule has 0 unspecified atom stereocenters. The van der Waals surface area contributed by atoms with Crippen molar-refractivity contribution in [2.45, 2.75) is 13.5 Å². The maximum absolute atomic E-state index is 12.6. The molecule has 1 aliphatic heterocycles. The van der Waals surface area contributed by atoms with E-state index < -0.39 is 0 Å². The number of rotatable bonds is 9. The van der Waals surface area contributed by atoms with Crippen LogP contribution in [-0.2, 0) is 11.3 Å². The number of carbonyl (C=O) groups is 2. The van der Waals surface area contributed by atoms with Gasteiger partial charge in [0, 0.05) is 55.5 Å². The molecule has 1 aromatic heterocycles. The molecule has 0 aliphatic carbocycles. The van der Waals surface area contributed by atoms with Gasteiger partial charge in [0.2, 0.25) is 0 Å². The van der Waals surface area contributed by atoms with E-state index in [4.69, 9.17) is 21.1 Å². The number of likely N-dealkylation sites (tertiary alicyclic amines) is 1. The summed E-state index contributed by atoms with van der Waals surface area (Å²) in [6.45, 7) is 5.43. The Bertz CT molecular complexity index is 1140. The molecule has 2 heterocycles. The minimum atomic E-state index is -0.212. The van der Waals surface area contributed by atoms with Gasteiger partial charge in [0.15, 0.2) is 0 Å². The first-order valence-electron chi connectivity index (χ1n) is 10.9. The van der Waals surface area contributed by atoms with Gasteiger partial charge in [-0.05, 0) is 43.3 Å². The molecule has 0 saturated carbocycles. The number of amides is 2. The highest BCUT2D eigenvalue weighted by Crippen LogP contribution is 2.30. The zero-order chi connectivity index (χ0) is 23.4. The van der Waals surface area contributed by atoms with Crippen molar-refractivity contribution in [1.29, 1.82) is 0 Å². The molecule has 8 nitrogen and oxygen atoms in total. The molecule has 174 valence electrons. The van der Waals surface area contributed by atoms with Crippen LogP contribution in [0.5, 0.6) is 5.75 Å². The van der Waals surface area contributed by atoms with Crippen molar-refractivity contribution >= 4 is 34.3 Å². The summed E-state index contributed by atoms with van der Waals surface area (Å²) in [6, 6.07) is 10.5. The first kappa shape index (κ1) is 23.1. The van der Waals surface area contributed by atoms with E-state index in [0.717, 1.165) is 10.9 Å². The smallest absolute Gasteiger partial charge is 0.255 e. The maximum Gasteiger partial charge on any atom is 0.255 e.